The topological polar surface area (TPSA) is 86.8 Å². The Bertz CT molecular complexity index is 455. The number of nitrogens with two attached hydrogens (primary N) is 1. The number of benzene rings is 1. The Morgan fingerprint density at radius 3 is 2.78 bits per heavy atom. The van der Waals surface area contributed by atoms with Crippen LogP contribution in [0.3, 0.4) is 0 Å². The number of carboxylic acids is 1. The van der Waals surface area contributed by atoms with E-state index in [9.17, 15) is 9.90 Å². The van der Waals surface area contributed by atoms with Crippen molar-refractivity contribution >= 4 is 33.3 Å². The fourth-order valence-corrected chi connectivity index (χ4v) is 2.96. The SMILES string of the molecule is Nc1cc(C(=O)O)cc(Br)c1N1CCCC(O)C1. The Hall–Kier alpha value is -1.27. The normalized spacial score (nSPS) is 19.9. The van der Waals surface area contributed by atoms with Crippen LogP contribution >= 0.6 is 15.9 Å². The number of piperidine rings is 1. The number of rotatable bonds is 2. The summed E-state index contributed by atoms with van der Waals surface area (Å²) in [4.78, 5) is 12.9. The van der Waals surface area contributed by atoms with Crippen molar-refractivity contribution in [3.63, 3.8) is 0 Å². The van der Waals surface area contributed by atoms with Gasteiger partial charge in [0.2, 0.25) is 0 Å². The molecule has 1 heterocycles. The van der Waals surface area contributed by atoms with E-state index >= 15 is 0 Å². The summed E-state index contributed by atoms with van der Waals surface area (Å²) in [6.45, 7) is 1.33. The summed E-state index contributed by atoms with van der Waals surface area (Å²) in [6, 6.07) is 2.98. The van der Waals surface area contributed by atoms with E-state index in [0.29, 0.717) is 16.7 Å². The van der Waals surface area contributed by atoms with Gasteiger partial charge in [-0.3, -0.25) is 0 Å². The van der Waals surface area contributed by atoms with Crippen LogP contribution in [-0.2, 0) is 0 Å². The number of hydrogen-bond donors (Lipinski definition) is 3. The van der Waals surface area contributed by atoms with Crippen LogP contribution in [-0.4, -0.2) is 35.4 Å². The first kappa shape index (κ1) is 13.2. The number of aromatic carboxylic acids is 1. The molecule has 1 aliphatic heterocycles. The molecule has 0 amide bonds. The van der Waals surface area contributed by atoms with Gasteiger partial charge < -0.3 is 20.8 Å². The van der Waals surface area contributed by atoms with Crippen LogP contribution in [0.1, 0.15) is 23.2 Å². The van der Waals surface area contributed by atoms with Crippen molar-refractivity contribution < 1.29 is 15.0 Å². The lowest BCUT2D eigenvalue weighted by Gasteiger charge is -2.33. The molecule has 98 valence electrons. The van der Waals surface area contributed by atoms with E-state index in [-0.39, 0.29) is 11.7 Å². The van der Waals surface area contributed by atoms with E-state index < -0.39 is 5.97 Å². The number of carbonyl (C=O) groups is 1. The van der Waals surface area contributed by atoms with Crippen molar-refractivity contribution in [2.75, 3.05) is 23.7 Å². The smallest absolute Gasteiger partial charge is 0.335 e. The molecule has 0 aromatic heterocycles. The zero-order valence-corrected chi connectivity index (χ0v) is 11.4. The van der Waals surface area contributed by atoms with E-state index in [2.05, 4.69) is 15.9 Å². The quantitative estimate of drug-likeness (QED) is 0.723. The van der Waals surface area contributed by atoms with Crippen LogP contribution in [0.2, 0.25) is 0 Å². The Labute approximate surface area is 113 Å². The number of anilines is 2. The first-order chi connectivity index (χ1) is 8.49. The first-order valence-electron chi connectivity index (χ1n) is 5.74. The Morgan fingerprint density at radius 1 is 1.50 bits per heavy atom. The van der Waals surface area contributed by atoms with Gasteiger partial charge >= 0.3 is 5.97 Å². The summed E-state index contributed by atoms with van der Waals surface area (Å²) in [5.41, 5.74) is 7.25. The highest BCUT2D eigenvalue weighted by molar-refractivity contribution is 9.10. The molecule has 1 aliphatic rings. The van der Waals surface area contributed by atoms with E-state index in [1.54, 1.807) is 0 Å². The third-order valence-corrected chi connectivity index (χ3v) is 3.66. The summed E-state index contributed by atoms with van der Waals surface area (Å²) in [5, 5.41) is 18.6. The molecule has 18 heavy (non-hydrogen) atoms. The third kappa shape index (κ3) is 2.59. The van der Waals surface area contributed by atoms with Crippen molar-refractivity contribution in [3.05, 3.63) is 22.2 Å². The minimum Gasteiger partial charge on any atom is -0.478 e. The monoisotopic (exact) mass is 314 g/mol. The molecule has 1 atom stereocenters. The zero-order valence-electron chi connectivity index (χ0n) is 9.77. The van der Waals surface area contributed by atoms with Gasteiger partial charge in [0.05, 0.1) is 23.0 Å². The average molecular weight is 315 g/mol. The lowest BCUT2D eigenvalue weighted by atomic mass is 10.1. The molecule has 1 saturated heterocycles. The standard InChI is InChI=1S/C12H15BrN2O3/c13-9-4-7(12(17)18)5-10(14)11(9)15-3-1-2-8(16)6-15/h4-5,8,16H,1-3,6,14H2,(H,17,18). The fraction of sp³-hybridized carbons (Fsp3) is 0.417. The molecule has 0 radical (unpaired) electrons. The second-order valence-corrected chi connectivity index (χ2v) is 5.30. The molecule has 4 N–H and O–H groups in total. The molecule has 5 nitrogen and oxygen atoms in total. The summed E-state index contributed by atoms with van der Waals surface area (Å²) in [6.07, 6.45) is 1.33. The van der Waals surface area contributed by atoms with Crippen molar-refractivity contribution in [2.24, 2.45) is 0 Å². The Balaban J connectivity index is 2.36. The summed E-state index contributed by atoms with van der Waals surface area (Å²) >= 11 is 3.36. The Kier molecular flexibility index (Phi) is 3.77. The van der Waals surface area contributed by atoms with Gasteiger partial charge in [0.25, 0.3) is 0 Å². The van der Waals surface area contributed by atoms with Gasteiger partial charge in [0.15, 0.2) is 0 Å². The highest BCUT2D eigenvalue weighted by Gasteiger charge is 2.22. The molecular formula is C12H15BrN2O3. The van der Waals surface area contributed by atoms with Gasteiger partial charge in [-0.05, 0) is 40.9 Å². The highest BCUT2D eigenvalue weighted by atomic mass is 79.9. The van der Waals surface area contributed by atoms with Crippen LogP contribution < -0.4 is 10.6 Å². The molecule has 2 rings (SSSR count). The maximum Gasteiger partial charge on any atom is 0.335 e. The minimum absolute atomic E-state index is 0.153. The largest absolute Gasteiger partial charge is 0.478 e. The highest BCUT2D eigenvalue weighted by Crippen LogP contribution is 2.35. The lowest BCUT2D eigenvalue weighted by molar-refractivity contribution is 0.0697. The molecule has 1 aromatic rings. The molecule has 1 fully saturated rings. The van der Waals surface area contributed by atoms with Gasteiger partial charge in [-0.25, -0.2) is 4.79 Å². The predicted octanol–water partition coefficient (Wildman–Crippen LogP) is 1.69. The van der Waals surface area contributed by atoms with Crippen LogP contribution in [0.4, 0.5) is 11.4 Å². The number of carboxylic acid groups (broad SMARTS) is 1. The predicted molar refractivity (Wildman–Crippen MR) is 73.0 cm³/mol. The summed E-state index contributed by atoms with van der Waals surface area (Å²) in [7, 11) is 0. The van der Waals surface area contributed by atoms with Crippen molar-refractivity contribution in [1.82, 2.24) is 0 Å². The maximum absolute atomic E-state index is 10.9. The van der Waals surface area contributed by atoms with E-state index in [1.165, 1.54) is 12.1 Å². The van der Waals surface area contributed by atoms with Gasteiger partial charge in [-0.15, -0.1) is 0 Å². The summed E-state index contributed by atoms with van der Waals surface area (Å²) < 4.78 is 0.647. The maximum atomic E-state index is 10.9. The molecule has 1 aromatic carbocycles. The third-order valence-electron chi connectivity index (χ3n) is 3.05. The van der Waals surface area contributed by atoms with Crippen LogP contribution in [0.15, 0.2) is 16.6 Å². The first-order valence-corrected chi connectivity index (χ1v) is 6.53. The molecule has 0 bridgehead atoms. The van der Waals surface area contributed by atoms with Gasteiger partial charge in [0, 0.05) is 17.6 Å². The molecule has 6 heteroatoms. The minimum atomic E-state index is -1.01. The molecule has 0 spiro atoms. The van der Waals surface area contributed by atoms with E-state index in [0.717, 1.165) is 25.1 Å². The zero-order chi connectivity index (χ0) is 13.3. The Morgan fingerprint density at radius 2 is 2.22 bits per heavy atom. The lowest BCUT2D eigenvalue weighted by Crippen LogP contribution is -2.38. The number of nitrogens with zero attached hydrogens (tertiary/aromatic N) is 1. The van der Waals surface area contributed by atoms with Gasteiger partial charge in [-0.1, -0.05) is 0 Å². The number of nitrogen functional groups attached to an aromatic ring is 1. The number of β-amino-alcohol motifs (C(OH)–C–C–N with tert-alkyl or cyclic N) is 1. The van der Waals surface area contributed by atoms with Crippen LogP contribution in [0.25, 0.3) is 0 Å². The average Bonchev–Trinajstić information content (AvgIpc) is 2.27. The fourth-order valence-electron chi connectivity index (χ4n) is 2.24. The second-order valence-electron chi connectivity index (χ2n) is 4.44. The van der Waals surface area contributed by atoms with Crippen molar-refractivity contribution in [3.8, 4) is 0 Å². The van der Waals surface area contributed by atoms with Crippen molar-refractivity contribution in [2.45, 2.75) is 18.9 Å². The van der Waals surface area contributed by atoms with E-state index in [4.69, 9.17) is 10.8 Å². The van der Waals surface area contributed by atoms with E-state index in [1.807, 2.05) is 4.90 Å². The summed E-state index contributed by atoms with van der Waals surface area (Å²) in [5.74, 6) is -1.01. The number of aliphatic hydroxyl groups is 1. The number of hydrogen-bond acceptors (Lipinski definition) is 4. The molecule has 0 aliphatic carbocycles. The molecular weight excluding hydrogens is 300 g/mol. The molecule has 1 unspecified atom stereocenters. The van der Waals surface area contributed by atoms with Crippen LogP contribution in [0.5, 0.6) is 0 Å². The molecule has 0 saturated carbocycles. The van der Waals surface area contributed by atoms with Gasteiger partial charge in [0.1, 0.15) is 0 Å². The number of halogens is 1. The number of aliphatic hydroxyl groups excluding tert-OH is 1. The van der Waals surface area contributed by atoms with Gasteiger partial charge in [-0.2, -0.15) is 0 Å². The van der Waals surface area contributed by atoms with Crippen molar-refractivity contribution in [1.29, 1.82) is 0 Å². The van der Waals surface area contributed by atoms with Crippen LogP contribution in [0, 0.1) is 0 Å². The second kappa shape index (κ2) is 5.16.